The second-order valence-corrected chi connectivity index (χ2v) is 11.9. The van der Waals surface area contributed by atoms with Crippen LogP contribution in [0.2, 0.25) is 5.02 Å². The first-order valence-corrected chi connectivity index (χ1v) is 13.2. The van der Waals surface area contributed by atoms with Crippen LogP contribution in [0.5, 0.6) is 0 Å². The SMILES string of the molecule is Cc1cccc(N(CC(=O)N(Cc2ccc(Cl)cc2)C(C)C(=O)NC(C)(C)C)S(C)(=O)=O)c1C. The van der Waals surface area contributed by atoms with Crippen molar-refractivity contribution in [1.29, 1.82) is 0 Å². The average Bonchev–Trinajstić information content (AvgIpc) is 2.71. The van der Waals surface area contributed by atoms with E-state index in [1.807, 2.05) is 40.7 Å². The van der Waals surface area contributed by atoms with Gasteiger partial charge in [-0.2, -0.15) is 0 Å². The Morgan fingerprint density at radius 2 is 1.65 bits per heavy atom. The van der Waals surface area contributed by atoms with Crippen molar-refractivity contribution in [3.8, 4) is 0 Å². The fourth-order valence-corrected chi connectivity index (χ4v) is 4.47. The van der Waals surface area contributed by atoms with Crippen molar-refractivity contribution in [2.75, 3.05) is 17.1 Å². The summed E-state index contributed by atoms with van der Waals surface area (Å²) in [6, 6.07) is 11.4. The number of carbonyl (C=O) groups is 2. The molecule has 0 bridgehead atoms. The van der Waals surface area contributed by atoms with Crippen LogP contribution < -0.4 is 9.62 Å². The van der Waals surface area contributed by atoms with Gasteiger partial charge >= 0.3 is 0 Å². The number of rotatable bonds is 8. The molecule has 1 atom stereocenters. The number of carbonyl (C=O) groups excluding carboxylic acids is 2. The lowest BCUT2D eigenvalue weighted by Crippen LogP contribution is -2.54. The van der Waals surface area contributed by atoms with Gasteiger partial charge in [0.1, 0.15) is 12.6 Å². The molecule has 0 aliphatic heterocycles. The first-order chi connectivity index (χ1) is 15.6. The van der Waals surface area contributed by atoms with Crippen LogP contribution in [0.15, 0.2) is 42.5 Å². The van der Waals surface area contributed by atoms with Gasteiger partial charge in [-0.3, -0.25) is 13.9 Å². The predicted octanol–water partition coefficient (Wildman–Crippen LogP) is 4.05. The van der Waals surface area contributed by atoms with Gasteiger partial charge in [-0.25, -0.2) is 8.42 Å². The molecule has 34 heavy (non-hydrogen) atoms. The molecule has 0 aliphatic carbocycles. The molecule has 0 aliphatic rings. The third-order valence-electron chi connectivity index (χ3n) is 5.46. The van der Waals surface area contributed by atoms with E-state index in [1.165, 1.54) is 4.90 Å². The summed E-state index contributed by atoms with van der Waals surface area (Å²) in [5.74, 6) is -0.815. The fourth-order valence-electron chi connectivity index (χ4n) is 3.44. The van der Waals surface area contributed by atoms with Gasteiger partial charge in [0, 0.05) is 17.1 Å². The number of nitrogens with one attached hydrogen (secondary N) is 1. The molecule has 2 aromatic rings. The van der Waals surface area contributed by atoms with E-state index in [-0.39, 0.29) is 12.5 Å². The van der Waals surface area contributed by atoms with Crippen molar-refractivity contribution in [3.05, 3.63) is 64.2 Å². The number of nitrogens with zero attached hydrogens (tertiary/aromatic N) is 2. The molecule has 2 amide bonds. The van der Waals surface area contributed by atoms with Crippen LogP contribution in [0.4, 0.5) is 5.69 Å². The lowest BCUT2D eigenvalue weighted by atomic mass is 10.1. The first-order valence-electron chi connectivity index (χ1n) is 11.0. The minimum Gasteiger partial charge on any atom is -0.350 e. The third-order valence-corrected chi connectivity index (χ3v) is 6.83. The Morgan fingerprint density at radius 3 is 2.18 bits per heavy atom. The average molecular weight is 508 g/mol. The number of sulfonamides is 1. The molecular weight excluding hydrogens is 474 g/mol. The number of hydrogen-bond acceptors (Lipinski definition) is 4. The number of hydrogen-bond donors (Lipinski definition) is 1. The van der Waals surface area contributed by atoms with Crippen LogP contribution >= 0.6 is 11.6 Å². The van der Waals surface area contributed by atoms with E-state index >= 15 is 0 Å². The monoisotopic (exact) mass is 507 g/mol. The van der Waals surface area contributed by atoms with Crippen molar-refractivity contribution in [3.63, 3.8) is 0 Å². The first kappa shape index (κ1) is 27.7. The summed E-state index contributed by atoms with van der Waals surface area (Å²) in [6.45, 7) is 10.6. The summed E-state index contributed by atoms with van der Waals surface area (Å²) in [4.78, 5) is 27.9. The summed E-state index contributed by atoms with van der Waals surface area (Å²) in [5.41, 5.74) is 2.40. The summed E-state index contributed by atoms with van der Waals surface area (Å²) >= 11 is 5.99. The fraction of sp³-hybridized carbons (Fsp3) is 0.440. The highest BCUT2D eigenvalue weighted by molar-refractivity contribution is 7.92. The maximum atomic E-state index is 13.6. The van der Waals surface area contributed by atoms with Crippen molar-refractivity contribution in [1.82, 2.24) is 10.2 Å². The molecule has 0 aromatic heterocycles. The smallest absolute Gasteiger partial charge is 0.244 e. The minimum atomic E-state index is -3.77. The van der Waals surface area contributed by atoms with Crippen LogP contribution in [0.1, 0.15) is 44.4 Å². The van der Waals surface area contributed by atoms with Crippen LogP contribution in [0, 0.1) is 13.8 Å². The number of aryl methyl sites for hydroxylation is 1. The van der Waals surface area contributed by atoms with Gasteiger partial charge in [-0.05, 0) is 76.4 Å². The Hall–Kier alpha value is -2.58. The Morgan fingerprint density at radius 1 is 1.06 bits per heavy atom. The maximum Gasteiger partial charge on any atom is 0.244 e. The van der Waals surface area contributed by atoms with Crippen LogP contribution in [0.25, 0.3) is 0 Å². The quantitative estimate of drug-likeness (QED) is 0.583. The second-order valence-electron chi connectivity index (χ2n) is 9.55. The lowest BCUT2D eigenvalue weighted by Gasteiger charge is -2.33. The number of amides is 2. The van der Waals surface area contributed by atoms with E-state index < -0.39 is 34.1 Å². The highest BCUT2D eigenvalue weighted by Gasteiger charge is 2.31. The molecule has 1 unspecified atom stereocenters. The lowest BCUT2D eigenvalue weighted by molar-refractivity contribution is -0.140. The van der Waals surface area contributed by atoms with E-state index in [4.69, 9.17) is 11.6 Å². The van der Waals surface area contributed by atoms with E-state index in [0.29, 0.717) is 10.7 Å². The highest BCUT2D eigenvalue weighted by Crippen LogP contribution is 2.25. The molecule has 0 fully saturated rings. The Bertz CT molecular complexity index is 1140. The van der Waals surface area contributed by atoms with E-state index in [9.17, 15) is 18.0 Å². The molecule has 2 aromatic carbocycles. The van der Waals surface area contributed by atoms with Crippen molar-refractivity contribution in [2.45, 2.75) is 59.7 Å². The zero-order valence-electron chi connectivity index (χ0n) is 20.8. The van der Waals surface area contributed by atoms with Crippen molar-refractivity contribution < 1.29 is 18.0 Å². The molecule has 186 valence electrons. The molecular formula is C25H34ClN3O4S. The van der Waals surface area contributed by atoms with Gasteiger partial charge in [0.05, 0.1) is 11.9 Å². The number of anilines is 1. The number of halogens is 1. The molecule has 0 heterocycles. The minimum absolute atomic E-state index is 0.124. The van der Waals surface area contributed by atoms with Gasteiger partial charge in [-0.15, -0.1) is 0 Å². The molecule has 7 nitrogen and oxygen atoms in total. The summed E-state index contributed by atoms with van der Waals surface area (Å²) in [7, 11) is -3.77. The number of benzene rings is 2. The Kier molecular flexibility index (Phi) is 8.77. The molecule has 0 saturated carbocycles. The molecule has 1 N–H and O–H groups in total. The van der Waals surface area contributed by atoms with Crippen molar-refractivity contribution in [2.24, 2.45) is 0 Å². The molecule has 0 saturated heterocycles. The van der Waals surface area contributed by atoms with Gasteiger partial charge in [0.15, 0.2) is 0 Å². The zero-order chi connectivity index (χ0) is 25.8. The summed E-state index contributed by atoms with van der Waals surface area (Å²) in [6.07, 6.45) is 1.07. The van der Waals surface area contributed by atoms with Gasteiger partial charge in [0.25, 0.3) is 0 Å². The van der Waals surface area contributed by atoms with E-state index in [0.717, 1.165) is 27.3 Å². The van der Waals surface area contributed by atoms with Gasteiger partial charge in [-0.1, -0.05) is 35.9 Å². The van der Waals surface area contributed by atoms with Crippen LogP contribution in [-0.2, 0) is 26.2 Å². The Balaban J connectivity index is 2.44. The molecule has 9 heteroatoms. The molecule has 2 rings (SSSR count). The zero-order valence-corrected chi connectivity index (χ0v) is 22.4. The normalized spacial score (nSPS) is 12.7. The highest BCUT2D eigenvalue weighted by atomic mass is 35.5. The topological polar surface area (TPSA) is 86.8 Å². The van der Waals surface area contributed by atoms with Crippen LogP contribution in [-0.4, -0.2) is 49.5 Å². The summed E-state index contributed by atoms with van der Waals surface area (Å²) in [5, 5.41) is 3.45. The van der Waals surface area contributed by atoms with Crippen molar-refractivity contribution >= 4 is 39.1 Å². The van der Waals surface area contributed by atoms with E-state index in [2.05, 4.69) is 5.32 Å². The largest absolute Gasteiger partial charge is 0.350 e. The molecule has 0 spiro atoms. The van der Waals surface area contributed by atoms with E-state index in [1.54, 1.807) is 43.3 Å². The second kappa shape index (κ2) is 10.8. The van der Waals surface area contributed by atoms with Crippen LogP contribution in [0.3, 0.4) is 0 Å². The third kappa shape index (κ3) is 7.46. The van der Waals surface area contributed by atoms with Gasteiger partial charge in [0.2, 0.25) is 21.8 Å². The summed E-state index contributed by atoms with van der Waals surface area (Å²) < 4.78 is 26.5. The predicted molar refractivity (Wildman–Crippen MR) is 137 cm³/mol. The Labute approximate surface area is 208 Å². The maximum absolute atomic E-state index is 13.6. The van der Waals surface area contributed by atoms with Gasteiger partial charge < -0.3 is 10.2 Å². The molecule has 0 radical (unpaired) electrons. The standard InChI is InChI=1S/C25H34ClN3O4S/c1-17-9-8-10-22(18(17)2)29(34(7,32)33)16-23(30)28(15-20-11-13-21(26)14-12-20)19(3)24(31)27-25(4,5)6/h8-14,19H,15-16H2,1-7H3,(H,27,31).